The minimum Gasteiger partial charge on any atom is -0.508 e. The summed E-state index contributed by atoms with van der Waals surface area (Å²) in [5.41, 5.74) is 2.33. The molecule has 0 aliphatic rings. The molecule has 0 unspecified atom stereocenters. The highest BCUT2D eigenvalue weighted by Crippen LogP contribution is 2.21. The summed E-state index contributed by atoms with van der Waals surface area (Å²) in [4.78, 5) is 20.5. The van der Waals surface area contributed by atoms with Crippen LogP contribution in [0, 0.1) is 0 Å². The van der Waals surface area contributed by atoms with Gasteiger partial charge in [-0.15, -0.1) is 0 Å². The smallest absolute Gasteiger partial charge is 0.262 e. The van der Waals surface area contributed by atoms with Crippen LogP contribution >= 0.6 is 0 Å². The van der Waals surface area contributed by atoms with E-state index in [1.165, 1.54) is 12.4 Å². The van der Waals surface area contributed by atoms with Crippen LogP contribution in [-0.4, -0.2) is 27.6 Å². The summed E-state index contributed by atoms with van der Waals surface area (Å²) >= 11 is 0. The summed E-state index contributed by atoms with van der Waals surface area (Å²) < 4.78 is 5.56. The van der Waals surface area contributed by atoms with Gasteiger partial charge in [0.2, 0.25) is 0 Å². The zero-order chi connectivity index (χ0) is 19.2. The predicted octanol–water partition coefficient (Wildman–Crippen LogP) is 3.99. The van der Waals surface area contributed by atoms with Crippen molar-refractivity contribution in [2.75, 3.05) is 11.9 Å². The number of nitrogens with one attached hydrogen (secondary N) is 1. The second-order valence-electron chi connectivity index (χ2n) is 6.41. The minimum atomic E-state index is -0.293. The van der Waals surface area contributed by atoms with Crippen molar-refractivity contribution in [3.63, 3.8) is 0 Å². The number of phenolic OH excluding ortho intramolecular Hbond substituents is 1. The van der Waals surface area contributed by atoms with Crippen LogP contribution in [0.4, 0.5) is 5.69 Å². The minimum absolute atomic E-state index is 0.101. The lowest BCUT2D eigenvalue weighted by atomic mass is 10.0. The average molecular weight is 363 g/mol. The first kappa shape index (κ1) is 18.4. The fourth-order valence-corrected chi connectivity index (χ4v) is 2.50. The van der Waals surface area contributed by atoms with Crippen LogP contribution < -0.4 is 10.1 Å². The molecule has 0 radical (unpaired) electrons. The van der Waals surface area contributed by atoms with Crippen LogP contribution in [0.1, 0.15) is 25.3 Å². The molecule has 3 rings (SSSR count). The number of anilines is 1. The van der Waals surface area contributed by atoms with Gasteiger partial charge in [0.25, 0.3) is 5.91 Å². The van der Waals surface area contributed by atoms with Crippen LogP contribution in [-0.2, 0) is 4.79 Å². The van der Waals surface area contributed by atoms with E-state index in [1.807, 2.05) is 24.3 Å². The molecule has 0 saturated carbocycles. The summed E-state index contributed by atoms with van der Waals surface area (Å²) in [5, 5.41) is 12.2. The van der Waals surface area contributed by atoms with Crippen LogP contribution in [0.15, 0.2) is 60.9 Å². The molecule has 6 heteroatoms. The van der Waals surface area contributed by atoms with Gasteiger partial charge in [0.05, 0.1) is 18.1 Å². The van der Waals surface area contributed by atoms with Crippen molar-refractivity contribution in [2.24, 2.45) is 0 Å². The Balaban J connectivity index is 1.57. The van der Waals surface area contributed by atoms with Gasteiger partial charge in [-0.3, -0.25) is 4.79 Å². The van der Waals surface area contributed by atoms with Gasteiger partial charge < -0.3 is 15.2 Å². The van der Waals surface area contributed by atoms with Gasteiger partial charge in [0.1, 0.15) is 11.5 Å². The van der Waals surface area contributed by atoms with Crippen LogP contribution in [0.5, 0.6) is 11.5 Å². The SMILES string of the molecule is CC(C)c1cccc(OCC(=O)Nc2cnc(-c3cccc(O)c3)nc2)c1. The summed E-state index contributed by atoms with van der Waals surface area (Å²) in [5.74, 6) is 1.37. The van der Waals surface area contributed by atoms with Gasteiger partial charge in [-0.2, -0.15) is 0 Å². The first-order valence-corrected chi connectivity index (χ1v) is 8.65. The van der Waals surface area contributed by atoms with E-state index >= 15 is 0 Å². The van der Waals surface area contributed by atoms with Crippen LogP contribution in [0.25, 0.3) is 11.4 Å². The maximum absolute atomic E-state index is 12.1. The molecule has 0 spiro atoms. The highest BCUT2D eigenvalue weighted by atomic mass is 16.5. The lowest BCUT2D eigenvalue weighted by Gasteiger charge is -2.10. The van der Waals surface area contributed by atoms with E-state index in [-0.39, 0.29) is 18.3 Å². The van der Waals surface area contributed by atoms with E-state index in [0.29, 0.717) is 28.7 Å². The zero-order valence-corrected chi connectivity index (χ0v) is 15.2. The standard InChI is InChI=1S/C21H21N3O3/c1-14(2)15-5-4-8-19(10-15)27-13-20(26)24-17-11-22-21(23-12-17)16-6-3-7-18(25)9-16/h3-12,14,25H,13H2,1-2H3,(H,24,26). The Morgan fingerprint density at radius 3 is 2.56 bits per heavy atom. The molecule has 1 aromatic heterocycles. The number of hydrogen-bond donors (Lipinski definition) is 2. The van der Waals surface area contributed by atoms with Crippen molar-refractivity contribution in [3.8, 4) is 22.9 Å². The van der Waals surface area contributed by atoms with Gasteiger partial charge >= 0.3 is 0 Å². The molecule has 0 aliphatic carbocycles. The third-order valence-electron chi connectivity index (χ3n) is 3.93. The number of carbonyl (C=O) groups excluding carboxylic acids is 1. The van der Waals surface area contributed by atoms with Crippen molar-refractivity contribution >= 4 is 11.6 Å². The Labute approximate surface area is 157 Å². The monoisotopic (exact) mass is 363 g/mol. The molecule has 27 heavy (non-hydrogen) atoms. The second kappa shape index (κ2) is 8.31. The Morgan fingerprint density at radius 1 is 1.11 bits per heavy atom. The molecule has 3 aromatic rings. The maximum atomic E-state index is 12.1. The van der Waals surface area contributed by atoms with Crippen molar-refractivity contribution in [2.45, 2.75) is 19.8 Å². The van der Waals surface area contributed by atoms with Crippen molar-refractivity contribution in [1.29, 1.82) is 0 Å². The van der Waals surface area contributed by atoms with Crippen molar-refractivity contribution in [3.05, 3.63) is 66.5 Å². The molecule has 0 bridgehead atoms. The molecule has 0 fully saturated rings. The summed E-state index contributed by atoms with van der Waals surface area (Å²) in [6, 6.07) is 14.4. The average Bonchev–Trinajstić information content (AvgIpc) is 2.67. The second-order valence-corrected chi connectivity index (χ2v) is 6.41. The predicted molar refractivity (Wildman–Crippen MR) is 104 cm³/mol. The molecule has 0 aliphatic heterocycles. The molecule has 1 amide bonds. The van der Waals surface area contributed by atoms with E-state index in [1.54, 1.807) is 24.3 Å². The molecule has 6 nitrogen and oxygen atoms in total. The Hall–Kier alpha value is -3.41. The molecule has 0 saturated heterocycles. The van der Waals surface area contributed by atoms with Gasteiger partial charge in [-0.25, -0.2) is 9.97 Å². The number of benzene rings is 2. The van der Waals surface area contributed by atoms with E-state index in [9.17, 15) is 9.90 Å². The molecular formula is C21H21N3O3. The Kier molecular flexibility index (Phi) is 5.66. The quantitative estimate of drug-likeness (QED) is 0.692. The number of nitrogens with zero attached hydrogens (tertiary/aromatic N) is 2. The van der Waals surface area contributed by atoms with Gasteiger partial charge in [-0.05, 0) is 35.7 Å². The Bertz CT molecular complexity index is 924. The third kappa shape index (κ3) is 5.04. The molecule has 1 heterocycles. The van der Waals surface area contributed by atoms with Gasteiger partial charge in [0, 0.05) is 5.56 Å². The number of carbonyl (C=O) groups is 1. The summed E-state index contributed by atoms with van der Waals surface area (Å²) in [6.07, 6.45) is 3.04. The van der Waals surface area contributed by atoms with Gasteiger partial charge in [0.15, 0.2) is 12.4 Å². The number of aromatic hydroxyl groups is 1. The first-order valence-electron chi connectivity index (χ1n) is 8.65. The topological polar surface area (TPSA) is 84.3 Å². The first-order chi connectivity index (χ1) is 13.0. The zero-order valence-electron chi connectivity index (χ0n) is 15.2. The third-order valence-corrected chi connectivity index (χ3v) is 3.93. The van der Waals surface area contributed by atoms with Crippen molar-refractivity contribution in [1.82, 2.24) is 9.97 Å². The molecule has 0 atom stereocenters. The fourth-order valence-electron chi connectivity index (χ4n) is 2.50. The number of hydrogen-bond acceptors (Lipinski definition) is 5. The van der Waals surface area contributed by atoms with E-state index in [4.69, 9.17) is 4.74 Å². The Morgan fingerprint density at radius 2 is 1.85 bits per heavy atom. The summed E-state index contributed by atoms with van der Waals surface area (Å²) in [6.45, 7) is 4.11. The molecule has 2 N–H and O–H groups in total. The van der Waals surface area contributed by atoms with Crippen LogP contribution in [0.2, 0.25) is 0 Å². The number of phenols is 1. The molecule has 138 valence electrons. The number of rotatable bonds is 6. The molecule has 2 aromatic carbocycles. The largest absolute Gasteiger partial charge is 0.508 e. The van der Waals surface area contributed by atoms with Crippen molar-refractivity contribution < 1.29 is 14.6 Å². The van der Waals surface area contributed by atoms with E-state index < -0.39 is 0 Å². The highest BCUT2D eigenvalue weighted by Gasteiger charge is 2.07. The summed E-state index contributed by atoms with van der Waals surface area (Å²) in [7, 11) is 0. The van der Waals surface area contributed by atoms with Gasteiger partial charge in [-0.1, -0.05) is 38.1 Å². The number of aromatic nitrogens is 2. The number of ether oxygens (including phenoxy) is 1. The van der Waals surface area contributed by atoms with E-state index in [0.717, 1.165) is 5.56 Å². The maximum Gasteiger partial charge on any atom is 0.262 e. The normalized spacial score (nSPS) is 10.6. The highest BCUT2D eigenvalue weighted by molar-refractivity contribution is 5.91. The number of amides is 1. The van der Waals surface area contributed by atoms with Crippen LogP contribution in [0.3, 0.4) is 0 Å². The fraction of sp³-hybridized carbons (Fsp3) is 0.190. The lowest BCUT2D eigenvalue weighted by molar-refractivity contribution is -0.118. The molecular weight excluding hydrogens is 342 g/mol. The lowest BCUT2D eigenvalue weighted by Crippen LogP contribution is -2.20. The van der Waals surface area contributed by atoms with E-state index in [2.05, 4.69) is 29.1 Å².